The molecule has 0 bridgehead atoms. The number of allylic oxidation sites excluding steroid dienone is 1. The molecule has 0 amide bonds. The van der Waals surface area contributed by atoms with Crippen molar-refractivity contribution in [2.24, 2.45) is 4.99 Å². The highest BCUT2D eigenvalue weighted by atomic mass is 19.4. The van der Waals surface area contributed by atoms with E-state index in [0.29, 0.717) is 18.4 Å². The molecule has 1 N–H and O–H groups in total. The second kappa shape index (κ2) is 5.54. The highest BCUT2D eigenvalue weighted by molar-refractivity contribution is 5.75. The first-order chi connectivity index (χ1) is 9.79. The van der Waals surface area contributed by atoms with Crippen molar-refractivity contribution < 1.29 is 18.3 Å². The predicted molar refractivity (Wildman–Crippen MR) is 76.8 cm³/mol. The number of benzene rings is 1. The zero-order chi connectivity index (χ0) is 15.7. The Kier molecular flexibility index (Phi) is 4.12. The van der Waals surface area contributed by atoms with Crippen LogP contribution in [0.4, 0.5) is 13.2 Å². The number of phenolic OH excluding ortho intramolecular Hbond substituents is 1. The van der Waals surface area contributed by atoms with Crippen LogP contribution in [0.1, 0.15) is 36.5 Å². The molecule has 1 heterocycles. The van der Waals surface area contributed by atoms with Crippen molar-refractivity contribution >= 4 is 6.21 Å². The molecule has 1 aromatic rings. The zero-order valence-electron chi connectivity index (χ0n) is 12.0. The van der Waals surface area contributed by atoms with Gasteiger partial charge >= 0.3 is 6.18 Å². The van der Waals surface area contributed by atoms with Gasteiger partial charge < -0.3 is 5.11 Å². The number of alkyl halides is 3. The van der Waals surface area contributed by atoms with Gasteiger partial charge in [0.2, 0.25) is 0 Å². The van der Waals surface area contributed by atoms with Gasteiger partial charge in [-0.3, -0.25) is 4.99 Å². The first kappa shape index (κ1) is 15.6. The van der Waals surface area contributed by atoms with E-state index in [4.69, 9.17) is 0 Å². The minimum absolute atomic E-state index is 0.0970. The summed E-state index contributed by atoms with van der Waals surface area (Å²) in [7, 11) is 0. The van der Waals surface area contributed by atoms with Crippen LogP contribution in [-0.4, -0.2) is 16.9 Å². The van der Waals surface area contributed by atoms with Gasteiger partial charge in [0, 0.05) is 6.21 Å². The minimum atomic E-state index is -4.54. The van der Waals surface area contributed by atoms with Crippen LogP contribution in [0.2, 0.25) is 0 Å². The number of phenols is 1. The van der Waals surface area contributed by atoms with Crippen molar-refractivity contribution in [2.45, 2.75) is 44.8 Å². The lowest BCUT2D eigenvalue weighted by atomic mass is 9.88. The van der Waals surface area contributed by atoms with Gasteiger partial charge in [-0.2, -0.15) is 13.2 Å². The van der Waals surface area contributed by atoms with Crippen molar-refractivity contribution in [1.82, 2.24) is 0 Å². The van der Waals surface area contributed by atoms with Crippen LogP contribution >= 0.6 is 0 Å². The van der Waals surface area contributed by atoms with Crippen molar-refractivity contribution in [3.63, 3.8) is 0 Å². The molecule has 1 aliphatic heterocycles. The molecule has 1 aromatic carbocycles. The van der Waals surface area contributed by atoms with E-state index in [1.54, 1.807) is 12.3 Å². The maximum absolute atomic E-state index is 13.0. The van der Waals surface area contributed by atoms with E-state index in [1.807, 2.05) is 19.1 Å². The second-order valence-electron chi connectivity index (χ2n) is 5.34. The Bertz CT molecular complexity index is 576. The van der Waals surface area contributed by atoms with E-state index in [0.717, 1.165) is 12.5 Å². The fourth-order valence-corrected chi connectivity index (χ4v) is 2.71. The van der Waals surface area contributed by atoms with Crippen LogP contribution in [0.25, 0.3) is 0 Å². The number of nitrogens with zero attached hydrogens (tertiary/aromatic N) is 1. The molecule has 0 spiro atoms. The molecule has 1 unspecified atom stereocenters. The molecule has 0 saturated heterocycles. The van der Waals surface area contributed by atoms with Crippen LogP contribution in [0.3, 0.4) is 0 Å². The first-order valence-corrected chi connectivity index (χ1v) is 6.91. The van der Waals surface area contributed by atoms with Gasteiger partial charge in [0.15, 0.2) is 0 Å². The highest BCUT2D eigenvalue weighted by Gasteiger charge is 2.36. The topological polar surface area (TPSA) is 32.6 Å². The summed E-state index contributed by atoms with van der Waals surface area (Å²) in [5.41, 5.74) is -0.540. The highest BCUT2D eigenvalue weighted by Crippen LogP contribution is 2.40. The Hall–Kier alpha value is -1.78. The van der Waals surface area contributed by atoms with E-state index in [-0.39, 0.29) is 11.1 Å². The maximum Gasteiger partial charge on any atom is 0.420 e. The van der Waals surface area contributed by atoms with Crippen LogP contribution in [-0.2, 0) is 12.6 Å². The van der Waals surface area contributed by atoms with Crippen LogP contribution < -0.4 is 0 Å². The second-order valence-corrected chi connectivity index (χ2v) is 5.34. The SMILES string of the molecule is CCC1(CCc2ccc(O)c(C(F)(F)F)c2C)C=CC=N1. The van der Waals surface area contributed by atoms with Gasteiger partial charge in [-0.25, -0.2) is 0 Å². The van der Waals surface area contributed by atoms with Gasteiger partial charge in [-0.05, 0) is 49.5 Å². The molecular weight excluding hydrogens is 279 g/mol. The molecular formula is C16H18F3NO. The smallest absolute Gasteiger partial charge is 0.420 e. The summed E-state index contributed by atoms with van der Waals surface area (Å²) in [5.74, 6) is -0.715. The van der Waals surface area contributed by atoms with Crippen LogP contribution in [0.5, 0.6) is 5.75 Å². The average molecular weight is 297 g/mol. The summed E-state index contributed by atoms with van der Waals surface area (Å²) in [6, 6.07) is 2.68. The number of hydrogen-bond donors (Lipinski definition) is 1. The Balaban J connectivity index is 2.26. The van der Waals surface area contributed by atoms with Gasteiger partial charge in [-0.15, -0.1) is 0 Å². The van der Waals surface area contributed by atoms with Crippen molar-refractivity contribution in [1.29, 1.82) is 0 Å². The summed E-state index contributed by atoms with van der Waals surface area (Å²) in [6.45, 7) is 3.42. The molecule has 0 radical (unpaired) electrons. The summed E-state index contributed by atoms with van der Waals surface area (Å²) in [6.07, 6.45) is 3.00. The van der Waals surface area contributed by atoms with Crippen LogP contribution in [0, 0.1) is 6.92 Å². The standard InChI is InChI=1S/C16H18F3NO/c1-3-15(8-4-10-20-15)9-7-12-5-6-13(21)14(11(12)2)16(17,18)19/h4-6,8,10,21H,3,7,9H2,1-2H3. The van der Waals surface area contributed by atoms with E-state index < -0.39 is 17.5 Å². The molecule has 114 valence electrons. The van der Waals surface area contributed by atoms with Gasteiger partial charge in [0.05, 0.1) is 5.54 Å². The molecule has 2 rings (SSSR count). The average Bonchev–Trinajstić information content (AvgIpc) is 2.86. The van der Waals surface area contributed by atoms with Crippen molar-refractivity contribution in [3.05, 3.63) is 41.0 Å². The van der Waals surface area contributed by atoms with Crippen molar-refractivity contribution in [3.8, 4) is 5.75 Å². The van der Waals surface area contributed by atoms with Crippen molar-refractivity contribution in [2.75, 3.05) is 0 Å². The van der Waals surface area contributed by atoms with E-state index in [2.05, 4.69) is 4.99 Å². The molecule has 21 heavy (non-hydrogen) atoms. The zero-order valence-corrected chi connectivity index (χ0v) is 12.0. The number of halogens is 3. The number of aryl methyl sites for hydroxylation is 1. The number of aromatic hydroxyl groups is 1. The third kappa shape index (κ3) is 3.12. The summed E-state index contributed by atoms with van der Waals surface area (Å²) < 4.78 is 38.9. The number of hydrogen-bond acceptors (Lipinski definition) is 2. The van der Waals surface area contributed by atoms with Gasteiger partial charge in [0.1, 0.15) is 11.3 Å². The lowest BCUT2D eigenvalue weighted by Crippen LogP contribution is -2.21. The number of aliphatic imine (C=N–C) groups is 1. The van der Waals surface area contributed by atoms with Crippen LogP contribution in [0.15, 0.2) is 29.3 Å². The number of rotatable bonds is 4. The third-order valence-electron chi connectivity index (χ3n) is 4.10. The lowest BCUT2D eigenvalue weighted by molar-refractivity contribution is -0.139. The third-order valence-corrected chi connectivity index (χ3v) is 4.10. The fraction of sp³-hybridized carbons (Fsp3) is 0.438. The molecule has 1 aliphatic rings. The van der Waals surface area contributed by atoms with E-state index >= 15 is 0 Å². The summed E-state index contributed by atoms with van der Waals surface area (Å²) in [4.78, 5) is 4.41. The predicted octanol–water partition coefficient (Wildman–Crippen LogP) is 4.44. The fourth-order valence-electron chi connectivity index (χ4n) is 2.71. The maximum atomic E-state index is 13.0. The monoisotopic (exact) mass is 297 g/mol. The quantitative estimate of drug-likeness (QED) is 0.875. The Morgan fingerprint density at radius 3 is 2.52 bits per heavy atom. The molecule has 0 saturated carbocycles. The molecule has 0 aromatic heterocycles. The van der Waals surface area contributed by atoms with Gasteiger partial charge in [0.25, 0.3) is 0 Å². The summed E-state index contributed by atoms with van der Waals surface area (Å²) in [5, 5.41) is 9.47. The Morgan fingerprint density at radius 2 is 2.00 bits per heavy atom. The Labute approximate surface area is 122 Å². The Morgan fingerprint density at radius 1 is 1.29 bits per heavy atom. The van der Waals surface area contributed by atoms with E-state index in [9.17, 15) is 18.3 Å². The summed E-state index contributed by atoms with van der Waals surface area (Å²) >= 11 is 0. The lowest BCUT2D eigenvalue weighted by Gasteiger charge is -2.23. The first-order valence-electron chi connectivity index (χ1n) is 6.91. The molecule has 2 nitrogen and oxygen atoms in total. The normalized spacial score (nSPS) is 21.2. The molecule has 5 heteroatoms. The largest absolute Gasteiger partial charge is 0.507 e. The minimum Gasteiger partial charge on any atom is -0.507 e. The molecule has 0 fully saturated rings. The molecule has 0 aliphatic carbocycles. The molecule has 1 atom stereocenters. The van der Waals surface area contributed by atoms with Gasteiger partial charge in [-0.1, -0.05) is 19.1 Å². The van der Waals surface area contributed by atoms with E-state index in [1.165, 1.54) is 6.92 Å².